The van der Waals surface area contributed by atoms with Crippen molar-refractivity contribution in [3.05, 3.63) is 75.8 Å². The predicted octanol–water partition coefficient (Wildman–Crippen LogP) is 3.35. The maximum Gasteiger partial charge on any atom is 0.239 e. The smallest absolute Gasteiger partial charge is 0.239 e. The Hall–Kier alpha value is -2.73. The highest BCUT2D eigenvalue weighted by atomic mass is 16.7. The molecule has 1 unspecified atom stereocenters. The maximum atomic E-state index is 11.9. The number of nitro groups is 1. The Morgan fingerprint density at radius 1 is 1.19 bits per heavy atom. The van der Waals surface area contributed by atoms with Gasteiger partial charge in [0.2, 0.25) is 6.04 Å². The van der Waals surface area contributed by atoms with E-state index in [4.69, 9.17) is 4.84 Å². The first-order valence-corrected chi connectivity index (χ1v) is 8.74. The summed E-state index contributed by atoms with van der Waals surface area (Å²) in [4.78, 5) is 28.6. The van der Waals surface area contributed by atoms with Gasteiger partial charge >= 0.3 is 0 Å². The fourth-order valence-corrected chi connectivity index (χ4v) is 3.31. The van der Waals surface area contributed by atoms with Gasteiger partial charge in [-0.25, -0.2) is 5.06 Å². The molecule has 1 aliphatic rings. The standard InChI is InChI=1S/C20H22N2O4/c1-15-7-9-16(10-8-15)13-20(22(24)25)19-12-11-18(14-23)26-21(19)17-5-3-2-4-6-17/h2-10,14,18-20H,11-13H2,1H3/t18-,19-,20?/m1/s1. The normalized spacial score (nSPS) is 21.2. The number of hydrogen-bond donors (Lipinski definition) is 0. The van der Waals surface area contributed by atoms with Gasteiger partial charge in [0, 0.05) is 11.3 Å². The molecular weight excluding hydrogens is 332 g/mol. The molecule has 3 rings (SSSR count). The zero-order chi connectivity index (χ0) is 18.5. The van der Waals surface area contributed by atoms with E-state index in [1.165, 1.54) is 0 Å². The van der Waals surface area contributed by atoms with Crippen LogP contribution in [0.5, 0.6) is 0 Å². The zero-order valence-corrected chi connectivity index (χ0v) is 14.7. The van der Waals surface area contributed by atoms with Crippen molar-refractivity contribution in [2.24, 2.45) is 0 Å². The Morgan fingerprint density at radius 2 is 1.88 bits per heavy atom. The number of hydrogen-bond acceptors (Lipinski definition) is 5. The topological polar surface area (TPSA) is 72.7 Å². The zero-order valence-electron chi connectivity index (χ0n) is 14.7. The maximum absolute atomic E-state index is 11.9. The minimum absolute atomic E-state index is 0.231. The molecule has 0 spiro atoms. The summed E-state index contributed by atoms with van der Waals surface area (Å²) < 4.78 is 0. The van der Waals surface area contributed by atoms with Crippen molar-refractivity contribution in [3.63, 3.8) is 0 Å². The summed E-state index contributed by atoms with van der Waals surface area (Å²) in [6.45, 7) is 1.99. The predicted molar refractivity (Wildman–Crippen MR) is 98.5 cm³/mol. The van der Waals surface area contributed by atoms with Crippen LogP contribution in [0, 0.1) is 17.0 Å². The summed E-state index contributed by atoms with van der Waals surface area (Å²) in [5.74, 6) is 0. The molecule has 26 heavy (non-hydrogen) atoms. The number of rotatable bonds is 6. The van der Waals surface area contributed by atoms with Crippen LogP contribution >= 0.6 is 0 Å². The average molecular weight is 354 g/mol. The molecule has 0 bridgehead atoms. The van der Waals surface area contributed by atoms with E-state index in [0.29, 0.717) is 19.3 Å². The number of carbonyl (C=O) groups is 1. The number of benzene rings is 2. The molecule has 0 aliphatic carbocycles. The third kappa shape index (κ3) is 4.08. The van der Waals surface area contributed by atoms with Crippen LogP contribution in [0.3, 0.4) is 0 Å². The van der Waals surface area contributed by atoms with Gasteiger partial charge < -0.3 is 4.79 Å². The molecule has 0 saturated carbocycles. The Kier molecular flexibility index (Phi) is 5.63. The molecule has 1 saturated heterocycles. The summed E-state index contributed by atoms with van der Waals surface area (Å²) >= 11 is 0. The number of nitrogens with zero attached hydrogens (tertiary/aromatic N) is 2. The Morgan fingerprint density at radius 3 is 2.50 bits per heavy atom. The molecule has 2 aromatic rings. The van der Waals surface area contributed by atoms with Crippen LogP contribution in [-0.4, -0.2) is 29.4 Å². The van der Waals surface area contributed by atoms with Crippen LogP contribution < -0.4 is 5.06 Å². The van der Waals surface area contributed by atoms with Crippen molar-refractivity contribution in [2.45, 2.75) is 44.4 Å². The first kappa shape index (κ1) is 18.1. The van der Waals surface area contributed by atoms with Crippen molar-refractivity contribution in [3.8, 4) is 0 Å². The van der Waals surface area contributed by atoms with Crippen molar-refractivity contribution in [1.82, 2.24) is 0 Å². The summed E-state index contributed by atoms with van der Waals surface area (Å²) in [7, 11) is 0. The molecule has 1 heterocycles. The molecule has 3 atom stereocenters. The molecule has 0 amide bonds. The number of carbonyl (C=O) groups excluding carboxylic acids is 1. The fourth-order valence-electron chi connectivity index (χ4n) is 3.31. The summed E-state index contributed by atoms with van der Waals surface area (Å²) in [5.41, 5.74) is 2.76. The molecule has 0 N–H and O–H groups in total. The van der Waals surface area contributed by atoms with E-state index in [2.05, 4.69) is 0 Å². The van der Waals surface area contributed by atoms with E-state index < -0.39 is 18.2 Å². The second kappa shape index (κ2) is 8.10. The van der Waals surface area contributed by atoms with Crippen molar-refractivity contribution in [2.75, 3.05) is 5.06 Å². The highest BCUT2D eigenvalue weighted by Gasteiger charge is 2.41. The van der Waals surface area contributed by atoms with Crippen molar-refractivity contribution < 1.29 is 14.6 Å². The van der Waals surface area contributed by atoms with Crippen LogP contribution in [0.2, 0.25) is 0 Å². The number of anilines is 1. The third-order valence-electron chi connectivity index (χ3n) is 4.74. The van der Waals surface area contributed by atoms with Gasteiger partial charge in [0.05, 0.1) is 5.69 Å². The number of para-hydroxylation sites is 1. The van der Waals surface area contributed by atoms with E-state index >= 15 is 0 Å². The van der Waals surface area contributed by atoms with Gasteiger partial charge in [0.25, 0.3) is 0 Å². The summed E-state index contributed by atoms with van der Waals surface area (Å²) in [6.07, 6.45) is 1.51. The molecule has 0 radical (unpaired) electrons. The molecule has 6 nitrogen and oxygen atoms in total. The van der Waals surface area contributed by atoms with Crippen molar-refractivity contribution >= 4 is 12.0 Å². The molecule has 1 fully saturated rings. The lowest BCUT2D eigenvalue weighted by Crippen LogP contribution is -2.53. The number of hydroxylamine groups is 1. The van der Waals surface area contributed by atoms with E-state index in [-0.39, 0.29) is 4.92 Å². The van der Waals surface area contributed by atoms with Crippen LogP contribution in [-0.2, 0) is 16.1 Å². The van der Waals surface area contributed by atoms with Gasteiger partial charge in [-0.2, -0.15) is 0 Å². The first-order chi connectivity index (χ1) is 12.6. The molecule has 0 aromatic heterocycles. The van der Waals surface area contributed by atoms with Gasteiger partial charge in [-0.1, -0.05) is 48.0 Å². The lowest BCUT2D eigenvalue weighted by molar-refractivity contribution is -0.527. The lowest BCUT2D eigenvalue weighted by Gasteiger charge is -2.39. The molecule has 1 aliphatic heterocycles. The van der Waals surface area contributed by atoms with E-state index in [9.17, 15) is 14.9 Å². The number of aryl methyl sites for hydroxylation is 1. The van der Waals surface area contributed by atoms with Gasteiger partial charge in [0.15, 0.2) is 6.29 Å². The van der Waals surface area contributed by atoms with Gasteiger partial charge in [-0.3, -0.25) is 15.0 Å². The monoisotopic (exact) mass is 354 g/mol. The largest absolute Gasteiger partial charge is 0.300 e. The van der Waals surface area contributed by atoms with Crippen LogP contribution in [0.15, 0.2) is 54.6 Å². The fraction of sp³-hybridized carbons (Fsp3) is 0.350. The Balaban J connectivity index is 1.88. The highest BCUT2D eigenvalue weighted by Crippen LogP contribution is 2.30. The van der Waals surface area contributed by atoms with Crippen LogP contribution in [0.4, 0.5) is 5.69 Å². The lowest BCUT2D eigenvalue weighted by atomic mass is 9.93. The summed E-state index contributed by atoms with van der Waals surface area (Å²) in [5, 5.41) is 13.4. The summed E-state index contributed by atoms with van der Waals surface area (Å²) in [6, 6.07) is 15.7. The first-order valence-electron chi connectivity index (χ1n) is 8.74. The third-order valence-corrected chi connectivity index (χ3v) is 4.74. The van der Waals surface area contributed by atoms with Gasteiger partial charge in [-0.05, 0) is 37.5 Å². The minimum Gasteiger partial charge on any atom is -0.300 e. The van der Waals surface area contributed by atoms with E-state index in [1.54, 1.807) is 5.06 Å². The van der Waals surface area contributed by atoms with Crippen LogP contribution in [0.25, 0.3) is 0 Å². The van der Waals surface area contributed by atoms with E-state index in [0.717, 1.165) is 23.1 Å². The van der Waals surface area contributed by atoms with Crippen LogP contribution in [0.1, 0.15) is 24.0 Å². The quantitative estimate of drug-likeness (QED) is 0.452. The Labute approximate surface area is 152 Å². The SMILES string of the molecule is Cc1ccc(CC([C@H]2CC[C@H](C=O)ON2c2ccccc2)[N+](=O)[O-])cc1. The second-order valence-electron chi connectivity index (χ2n) is 6.63. The number of aldehydes is 1. The minimum atomic E-state index is -0.828. The van der Waals surface area contributed by atoms with Gasteiger partial charge in [-0.15, -0.1) is 0 Å². The van der Waals surface area contributed by atoms with E-state index in [1.807, 2.05) is 61.5 Å². The highest BCUT2D eigenvalue weighted by molar-refractivity contribution is 5.57. The molecule has 136 valence electrons. The average Bonchev–Trinajstić information content (AvgIpc) is 2.67. The van der Waals surface area contributed by atoms with Gasteiger partial charge in [0.1, 0.15) is 12.1 Å². The Bertz CT molecular complexity index is 748. The molecule has 2 aromatic carbocycles. The molecule has 6 heteroatoms. The van der Waals surface area contributed by atoms with Crippen molar-refractivity contribution in [1.29, 1.82) is 0 Å². The second-order valence-corrected chi connectivity index (χ2v) is 6.63. The molecular formula is C20H22N2O4.